The molecular formula is C27H40O5. The quantitative estimate of drug-likeness (QED) is 0.148. The molecule has 1 atom stereocenters. The third-order valence-electron chi connectivity index (χ3n) is 5.68. The minimum absolute atomic E-state index is 0.0879. The number of carboxylic acid groups (broad SMARTS) is 1. The second-order valence-electron chi connectivity index (χ2n) is 8.80. The molecule has 0 spiro atoms. The Labute approximate surface area is 193 Å². The molecule has 2 N–H and O–H groups in total. The summed E-state index contributed by atoms with van der Waals surface area (Å²) in [5.41, 5.74) is 3.16. The Kier molecular flexibility index (Phi) is 11.8. The standard InChI is InChI=1S/C27H40O5/c1-7-9-10-14-21-17-23(32-27(31)20(6)8-2)22(25(28)24(21)26(29)30)16-15-19(5)13-11-12-18(3)4/h12,15,17,20,28H,7-11,13-14,16H2,1-6H3,(H,29,30)/b19-15+. The number of carbonyl (C=O) groups excluding carboxylic acids is 1. The molecule has 1 unspecified atom stereocenters. The van der Waals surface area contributed by atoms with Crippen LogP contribution < -0.4 is 4.74 Å². The Morgan fingerprint density at radius 2 is 1.81 bits per heavy atom. The van der Waals surface area contributed by atoms with Crippen LogP contribution in [0.15, 0.2) is 29.4 Å². The molecule has 0 radical (unpaired) electrons. The van der Waals surface area contributed by atoms with Gasteiger partial charge in [0.05, 0.1) is 5.92 Å². The Morgan fingerprint density at radius 3 is 2.38 bits per heavy atom. The zero-order valence-corrected chi connectivity index (χ0v) is 20.6. The smallest absolute Gasteiger partial charge is 0.339 e. The molecule has 0 heterocycles. The molecule has 1 rings (SSSR count). The van der Waals surface area contributed by atoms with Gasteiger partial charge in [-0.15, -0.1) is 0 Å². The van der Waals surface area contributed by atoms with E-state index in [9.17, 15) is 19.8 Å². The first-order chi connectivity index (χ1) is 15.1. The van der Waals surface area contributed by atoms with E-state index in [-0.39, 0.29) is 28.9 Å². The molecule has 32 heavy (non-hydrogen) atoms. The number of hydrogen-bond donors (Lipinski definition) is 2. The number of allylic oxidation sites excluding steroid dienone is 4. The average Bonchev–Trinajstić information content (AvgIpc) is 2.72. The van der Waals surface area contributed by atoms with Crippen LogP contribution in [0.2, 0.25) is 0 Å². The van der Waals surface area contributed by atoms with Crippen LogP contribution in [0.5, 0.6) is 11.5 Å². The molecule has 178 valence electrons. The zero-order chi connectivity index (χ0) is 24.3. The van der Waals surface area contributed by atoms with Crippen molar-refractivity contribution in [3.05, 3.63) is 46.1 Å². The first-order valence-corrected chi connectivity index (χ1v) is 11.7. The van der Waals surface area contributed by atoms with Crippen molar-refractivity contribution in [1.82, 2.24) is 0 Å². The van der Waals surface area contributed by atoms with Gasteiger partial charge >= 0.3 is 11.9 Å². The van der Waals surface area contributed by atoms with Gasteiger partial charge in [-0.3, -0.25) is 4.79 Å². The molecule has 5 heteroatoms. The maximum Gasteiger partial charge on any atom is 0.339 e. The number of aryl methyl sites for hydroxylation is 1. The SMILES string of the molecule is CCCCCc1cc(OC(=O)C(C)CC)c(C/C=C(\C)CCC=C(C)C)c(O)c1C(=O)O. The number of benzene rings is 1. The number of aromatic carboxylic acids is 1. The molecule has 5 nitrogen and oxygen atoms in total. The van der Waals surface area contributed by atoms with E-state index >= 15 is 0 Å². The van der Waals surface area contributed by atoms with Crippen LogP contribution in [0.1, 0.15) is 102 Å². The van der Waals surface area contributed by atoms with Crippen molar-refractivity contribution in [3.8, 4) is 11.5 Å². The van der Waals surface area contributed by atoms with E-state index in [1.165, 1.54) is 5.57 Å². The summed E-state index contributed by atoms with van der Waals surface area (Å²) in [4.78, 5) is 24.5. The predicted molar refractivity (Wildman–Crippen MR) is 130 cm³/mol. The van der Waals surface area contributed by atoms with Gasteiger partial charge < -0.3 is 14.9 Å². The monoisotopic (exact) mass is 444 g/mol. The molecule has 0 amide bonds. The number of hydrogen-bond acceptors (Lipinski definition) is 4. The molecule has 1 aromatic carbocycles. The van der Waals surface area contributed by atoms with E-state index < -0.39 is 5.97 Å². The number of carboxylic acids is 1. The lowest BCUT2D eigenvalue weighted by Gasteiger charge is -2.18. The van der Waals surface area contributed by atoms with Crippen molar-refractivity contribution in [2.24, 2.45) is 5.92 Å². The maximum atomic E-state index is 12.5. The summed E-state index contributed by atoms with van der Waals surface area (Å²) in [5, 5.41) is 20.7. The van der Waals surface area contributed by atoms with Gasteiger partial charge in [0, 0.05) is 5.56 Å². The second-order valence-corrected chi connectivity index (χ2v) is 8.80. The summed E-state index contributed by atoms with van der Waals surface area (Å²) >= 11 is 0. The first-order valence-electron chi connectivity index (χ1n) is 11.7. The summed E-state index contributed by atoms with van der Waals surface area (Å²) in [6, 6.07) is 1.64. The van der Waals surface area contributed by atoms with E-state index in [0.717, 1.165) is 37.7 Å². The number of phenols is 1. The van der Waals surface area contributed by atoms with Gasteiger partial charge in [0.2, 0.25) is 0 Å². The van der Waals surface area contributed by atoms with E-state index in [0.29, 0.717) is 30.4 Å². The van der Waals surface area contributed by atoms with E-state index in [1.807, 2.05) is 19.9 Å². The highest BCUT2D eigenvalue weighted by atomic mass is 16.5. The van der Waals surface area contributed by atoms with Crippen molar-refractivity contribution < 1.29 is 24.5 Å². The van der Waals surface area contributed by atoms with Crippen molar-refractivity contribution in [2.75, 3.05) is 0 Å². The van der Waals surface area contributed by atoms with Crippen LogP contribution >= 0.6 is 0 Å². The van der Waals surface area contributed by atoms with Gasteiger partial charge in [-0.25, -0.2) is 4.79 Å². The largest absolute Gasteiger partial charge is 0.507 e. The van der Waals surface area contributed by atoms with Gasteiger partial charge in [-0.1, -0.05) is 56.9 Å². The fraction of sp³-hybridized carbons (Fsp3) is 0.556. The molecule has 0 fully saturated rings. The number of aromatic hydroxyl groups is 1. The lowest BCUT2D eigenvalue weighted by molar-refractivity contribution is -0.138. The molecule has 0 aliphatic heterocycles. The van der Waals surface area contributed by atoms with E-state index in [4.69, 9.17) is 4.74 Å². The highest BCUT2D eigenvalue weighted by Gasteiger charge is 2.24. The highest BCUT2D eigenvalue weighted by molar-refractivity contribution is 5.94. The van der Waals surface area contributed by atoms with Crippen LogP contribution in [0.25, 0.3) is 0 Å². The van der Waals surface area contributed by atoms with E-state index in [2.05, 4.69) is 26.8 Å². The van der Waals surface area contributed by atoms with Crippen LogP contribution in [0.3, 0.4) is 0 Å². The molecule has 0 aliphatic carbocycles. The van der Waals surface area contributed by atoms with Crippen molar-refractivity contribution in [3.63, 3.8) is 0 Å². The highest BCUT2D eigenvalue weighted by Crippen LogP contribution is 2.37. The summed E-state index contributed by atoms with van der Waals surface area (Å²) in [7, 11) is 0. The third-order valence-corrected chi connectivity index (χ3v) is 5.68. The number of esters is 1. The summed E-state index contributed by atoms with van der Waals surface area (Å²) in [5.74, 6) is -1.86. The van der Waals surface area contributed by atoms with Crippen LogP contribution in [-0.2, 0) is 17.6 Å². The molecule has 0 aliphatic rings. The minimum atomic E-state index is -1.17. The number of ether oxygens (including phenoxy) is 1. The third kappa shape index (κ3) is 8.52. The second kappa shape index (κ2) is 13.8. The number of carbonyl (C=O) groups is 2. The normalized spacial score (nSPS) is 12.4. The first kappa shape index (κ1) is 27.5. The van der Waals surface area contributed by atoms with Gasteiger partial charge in [-0.2, -0.15) is 0 Å². The fourth-order valence-corrected chi connectivity index (χ4v) is 3.37. The Bertz CT molecular complexity index is 844. The molecule has 0 saturated carbocycles. The van der Waals surface area contributed by atoms with Crippen LogP contribution in [-0.4, -0.2) is 22.2 Å². The van der Waals surface area contributed by atoms with Crippen molar-refractivity contribution in [2.45, 2.75) is 92.9 Å². The zero-order valence-electron chi connectivity index (χ0n) is 20.6. The lowest BCUT2D eigenvalue weighted by Crippen LogP contribution is -2.18. The van der Waals surface area contributed by atoms with Crippen LogP contribution in [0.4, 0.5) is 0 Å². The molecule has 0 bridgehead atoms. The maximum absolute atomic E-state index is 12.5. The summed E-state index contributed by atoms with van der Waals surface area (Å²) in [6.45, 7) is 11.9. The molecule has 0 aromatic heterocycles. The summed E-state index contributed by atoms with van der Waals surface area (Å²) < 4.78 is 5.68. The Morgan fingerprint density at radius 1 is 1.12 bits per heavy atom. The van der Waals surface area contributed by atoms with Gasteiger partial charge in [-0.05, 0) is 70.9 Å². The lowest BCUT2D eigenvalue weighted by atomic mass is 9.94. The summed E-state index contributed by atoms with van der Waals surface area (Å²) in [6.07, 6.45) is 10.1. The Balaban J connectivity index is 3.38. The molecular weight excluding hydrogens is 404 g/mol. The van der Waals surface area contributed by atoms with Gasteiger partial charge in [0.25, 0.3) is 0 Å². The van der Waals surface area contributed by atoms with E-state index in [1.54, 1.807) is 13.0 Å². The van der Waals surface area contributed by atoms with Crippen molar-refractivity contribution in [1.29, 1.82) is 0 Å². The molecule has 1 aromatic rings. The van der Waals surface area contributed by atoms with Crippen molar-refractivity contribution >= 4 is 11.9 Å². The minimum Gasteiger partial charge on any atom is -0.507 e. The Hall–Kier alpha value is -2.56. The number of rotatable bonds is 13. The van der Waals surface area contributed by atoms with Gasteiger partial charge in [0.1, 0.15) is 17.1 Å². The predicted octanol–water partition coefficient (Wildman–Crippen LogP) is 7.01. The topological polar surface area (TPSA) is 83.8 Å². The fourth-order valence-electron chi connectivity index (χ4n) is 3.37. The molecule has 0 saturated heterocycles. The van der Waals surface area contributed by atoms with Crippen LogP contribution in [0, 0.1) is 5.92 Å². The van der Waals surface area contributed by atoms with Gasteiger partial charge in [0.15, 0.2) is 0 Å². The average molecular weight is 445 g/mol. The number of unbranched alkanes of at least 4 members (excludes halogenated alkanes) is 2.